The molecule has 0 aliphatic rings. The molecule has 0 heterocycles. The van der Waals surface area contributed by atoms with Crippen molar-refractivity contribution in [2.75, 3.05) is 44.4 Å². The van der Waals surface area contributed by atoms with Crippen molar-refractivity contribution in [3.63, 3.8) is 0 Å². The van der Waals surface area contributed by atoms with E-state index in [2.05, 4.69) is 10.2 Å². The van der Waals surface area contributed by atoms with Crippen molar-refractivity contribution in [2.24, 2.45) is 0 Å². The van der Waals surface area contributed by atoms with Gasteiger partial charge in [0.25, 0.3) is 0 Å². The molecule has 0 unspecified atom stereocenters. The van der Waals surface area contributed by atoms with Crippen LogP contribution in [0.25, 0.3) is 0 Å². The molecule has 0 atom stereocenters. The van der Waals surface area contributed by atoms with Gasteiger partial charge in [0.05, 0.1) is 6.61 Å². The van der Waals surface area contributed by atoms with Crippen molar-refractivity contribution in [3.8, 4) is 0 Å². The van der Waals surface area contributed by atoms with Crippen LogP contribution in [0.5, 0.6) is 0 Å². The van der Waals surface area contributed by atoms with Gasteiger partial charge in [-0.25, -0.2) is 0 Å². The number of nitrogens with two attached hydrogens (primary N) is 1. The van der Waals surface area contributed by atoms with Crippen LogP contribution in [0.3, 0.4) is 0 Å². The molecule has 1 aromatic rings. The fraction of sp³-hybridized carbons (Fsp3) is 0.533. The Labute approximate surface area is 121 Å². The van der Waals surface area contributed by atoms with Crippen molar-refractivity contribution in [2.45, 2.75) is 19.8 Å². The molecule has 5 nitrogen and oxygen atoms in total. The lowest BCUT2D eigenvalue weighted by atomic mass is 10.2. The number of hydrogen-bond acceptors (Lipinski definition) is 4. The molecule has 0 saturated carbocycles. The monoisotopic (exact) mass is 279 g/mol. The first-order chi connectivity index (χ1) is 9.61. The lowest BCUT2D eigenvalue weighted by Crippen LogP contribution is -2.25. The van der Waals surface area contributed by atoms with Gasteiger partial charge >= 0.3 is 0 Å². The first kappa shape index (κ1) is 16.5. The number of carbonyl (C=O) groups excluding carboxylic acids is 1. The highest BCUT2D eigenvalue weighted by Gasteiger charge is 2.04. The lowest BCUT2D eigenvalue weighted by molar-refractivity contribution is -0.116. The number of anilines is 2. The molecule has 1 amide bonds. The van der Waals surface area contributed by atoms with E-state index in [1.165, 1.54) is 0 Å². The molecule has 3 N–H and O–H groups in total. The summed E-state index contributed by atoms with van der Waals surface area (Å²) in [4.78, 5) is 13.9. The van der Waals surface area contributed by atoms with Gasteiger partial charge < -0.3 is 20.7 Å². The van der Waals surface area contributed by atoms with Crippen LogP contribution in [0.4, 0.5) is 11.4 Å². The molecular formula is C15H25N3O2. The van der Waals surface area contributed by atoms with E-state index in [0.29, 0.717) is 12.1 Å². The molecule has 0 saturated heterocycles. The van der Waals surface area contributed by atoms with Crippen LogP contribution < -0.4 is 11.1 Å². The molecule has 0 spiro atoms. The van der Waals surface area contributed by atoms with Gasteiger partial charge in [0.15, 0.2) is 0 Å². The van der Waals surface area contributed by atoms with Crippen molar-refractivity contribution < 1.29 is 9.53 Å². The third kappa shape index (κ3) is 7.11. The number of likely N-dealkylation sites (N-methyl/N-ethyl adjacent to an activating group) is 1. The second-order valence-corrected chi connectivity index (χ2v) is 4.77. The smallest absolute Gasteiger partial charge is 0.224 e. The number of benzene rings is 1. The van der Waals surface area contributed by atoms with Gasteiger partial charge in [-0.1, -0.05) is 0 Å². The van der Waals surface area contributed by atoms with Crippen molar-refractivity contribution in [1.29, 1.82) is 0 Å². The van der Waals surface area contributed by atoms with Crippen LogP contribution in [0.2, 0.25) is 0 Å². The minimum absolute atomic E-state index is 0.0352. The Balaban J connectivity index is 2.15. The summed E-state index contributed by atoms with van der Waals surface area (Å²) in [5.41, 5.74) is 7.07. The average Bonchev–Trinajstić information content (AvgIpc) is 2.42. The third-order valence-electron chi connectivity index (χ3n) is 2.96. The fourth-order valence-electron chi connectivity index (χ4n) is 1.78. The quantitative estimate of drug-likeness (QED) is 0.535. The maximum absolute atomic E-state index is 11.8. The number of nitrogens with one attached hydrogen (secondary N) is 1. The molecule has 0 radical (unpaired) electrons. The van der Waals surface area contributed by atoms with Gasteiger partial charge in [0, 0.05) is 30.9 Å². The summed E-state index contributed by atoms with van der Waals surface area (Å²) in [5, 5.41) is 2.86. The predicted octanol–water partition coefficient (Wildman–Crippen LogP) is 1.96. The zero-order valence-electron chi connectivity index (χ0n) is 12.4. The number of hydrogen-bond donors (Lipinski definition) is 2. The van der Waals surface area contributed by atoms with Gasteiger partial charge in [-0.3, -0.25) is 4.79 Å². The molecule has 0 aliphatic heterocycles. The second kappa shape index (κ2) is 9.34. The number of carbonyl (C=O) groups is 1. The van der Waals surface area contributed by atoms with Crippen molar-refractivity contribution in [3.05, 3.63) is 24.3 Å². The zero-order chi connectivity index (χ0) is 14.8. The van der Waals surface area contributed by atoms with E-state index in [1.807, 2.05) is 14.0 Å². The number of nitrogen functional groups attached to an aromatic ring is 1. The molecule has 1 rings (SSSR count). The Morgan fingerprint density at radius 2 is 2.00 bits per heavy atom. The molecule has 20 heavy (non-hydrogen) atoms. The minimum Gasteiger partial charge on any atom is -0.399 e. The molecule has 0 bridgehead atoms. The Hall–Kier alpha value is -1.59. The van der Waals surface area contributed by atoms with E-state index in [1.54, 1.807) is 24.3 Å². The van der Waals surface area contributed by atoms with Crippen LogP contribution in [0, 0.1) is 0 Å². The van der Waals surface area contributed by atoms with Crippen LogP contribution >= 0.6 is 0 Å². The predicted molar refractivity (Wildman–Crippen MR) is 82.7 cm³/mol. The lowest BCUT2D eigenvalue weighted by Gasteiger charge is -2.16. The standard InChI is InChI=1S/C15H25N3O2/c1-3-20-12-11-18(2)10-4-5-15(19)17-14-8-6-13(16)7-9-14/h6-9H,3-5,10-12,16H2,1-2H3,(H,17,19). The summed E-state index contributed by atoms with van der Waals surface area (Å²) >= 11 is 0. The second-order valence-electron chi connectivity index (χ2n) is 4.77. The third-order valence-corrected chi connectivity index (χ3v) is 2.96. The van der Waals surface area contributed by atoms with E-state index in [-0.39, 0.29) is 5.91 Å². The highest BCUT2D eigenvalue weighted by molar-refractivity contribution is 5.90. The Morgan fingerprint density at radius 1 is 1.30 bits per heavy atom. The molecule has 0 aliphatic carbocycles. The number of nitrogens with zero attached hydrogens (tertiary/aromatic N) is 1. The Morgan fingerprint density at radius 3 is 2.65 bits per heavy atom. The first-order valence-corrected chi connectivity index (χ1v) is 7.03. The maximum atomic E-state index is 11.8. The molecule has 0 fully saturated rings. The summed E-state index contributed by atoms with van der Waals surface area (Å²) in [5.74, 6) is 0.0352. The first-order valence-electron chi connectivity index (χ1n) is 7.03. The van der Waals surface area contributed by atoms with Gasteiger partial charge in [-0.05, 0) is 51.2 Å². The van der Waals surface area contributed by atoms with Gasteiger partial charge in [0.2, 0.25) is 5.91 Å². The maximum Gasteiger partial charge on any atom is 0.224 e. The molecule has 5 heteroatoms. The van der Waals surface area contributed by atoms with Crippen LogP contribution in [-0.4, -0.2) is 44.2 Å². The van der Waals surface area contributed by atoms with E-state index in [9.17, 15) is 4.79 Å². The number of ether oxygens (including phenoxy) is 1. The van der Waals surface area contributed by atoms with Crippen molar-refractivity contribution >= 4 is 17.3 Å². The van der Waals surface area contributed by atoms with Crippen LogP contribution in [0.15, 0.2) is 24.3 Å². The number of amides is 1. The zero-order valence-corrected chi connectivity index (χ0v) is 12.4. The summed E-state index contributed by atoms with van der Waals surface area (Å²) in [7, 11) is 2.04. The largest absolute Gasteiger partial charge is 0.399 e. The van der Waals surface area contributed by atoms with Crippen LogP contribution in [0.1, 0.15) is 19.8 Å². The van der Waals surface area contributed by atoms with E-state index < -0.39 is 0 Å². The summed E-state index contributed by atoms with van der Waals surface area (Å²) in [6, 6.07) is 7.16. The normalized spacial score (nSPS) is 10.8. The Bertz CT molecular complexity index is 393. The molecule has 1 aromatic carbocycles. The van der Waals surface area contributed by atoms with E-state index >= 15 is 0 Å². The van der Waals surface area contributed by atoms with Crippen LogP contribution in [-0.2, 0) is 9.53 Å². The molecule has 0 aromatic heterocycles. The average molecular weight is 279 g/mol. The van der Waals surface area contributed by atoms with Gasteiger partial charge in [0.1, 0.15) is 0 Å². The highest BCUT2D eigenvalue weighted by Crippen LogP contribution is 2.11. The van der Waals surface area contributed by atoms with Gasteiger partial charge in [-0.15, -0.1) is 0 Å². The molecule has 112 valence electrons. The van der Waals surface area contributed by atoms with E-state index in [0.717, 1.165) is 38.4 Å². The fourth-order valence-corrected chi connectivity index (χ4v) is 1.78. The minimum atomic E-state index is 0.0352. The summed E-state index contributed by atoms with van der Waals surface area (Å²) in [6.45, 7) is 5.26. The van der Waals surface area contributed by atoms with E-state index in [4.69, 9.17) is 10.5 Å². The number of rotatable bonds is 9. The van der Waals surface area contributed by atoms with Gasteiger partial charge in [-0.2, -0.15) is 0 Å². The van der Waals surface area contributed by atoms with Crippen molar-refractivity contribution in [1.82, 2.24) is 4.90 Å². The molecular weight excluding hydrogens is 254 g/mol. The topological polar surface area (TPSA) is 67.6 Å². The Kier molecular flexibility index (Phi) is 7.69. The highest BCUT2D eigenvalue weighted by atomic mass is 16.5. The summed E-state index contributed by atoms with van der Waals surface area (Å²) < 4.78 is 5.29. The SMILES string of the molecule is CCOCCN(C)CCCC(=O)Nc1ccc(N)cc1. The summed E-state index contributed by atoms with van der Waals surface area (Å²) in [6.07, 6.45) is 1.35.